The van der Waals surface area contributed by atoms with Gasteiger partial charge in [0.05, 0.1) is 5.69 Å². The van der Waals surface area contributed by atoms with Gasteiger partial charge >= 0.3 is 0 Å². The molecule has 3 N–H and O–H groups in total. The van der Waals surface area contributed by atoms with Crippen LogP contribution in [0.5, 0.6) is 0 Å². The molecule has 0 unspecified atom stereocenters. The van der Waals surface area contributed by atoms with Crippen LogP contribution in [0.25, 0.3) is 10.9 Å². The van der Waals surface area contributed by atoms with Crippen molar-refractivity contribution in [2.45, 2.75) is 25.1 Å². The maximum absolute atomic E-state index is 12.2. The average Bonchev–Trinajstić information content (AvgIpc) is 3.23. The fourth-order valence-corrected chi connectivity index (χ4v) is 3.10. The van der Waals surface area contributed by atoms with Crippen LogP contribution >= 0.6 is 0 Å². The molecule has 23 heavy (non-hydrogen) atoms. The van der Waals surface area contributed by atoms with Gasteiger partial charge < -0.3 is 15.0 Å². The maximum Gasteiger partial charge on any atom is 0.252 e. The molecule has 6 heteroatoms. The molecule has 0 radical (unpaired) electrons. The summed E-state index contributed by atoms with van der Waals surface area (Å²) in [5.41, 5.74) is 2.51. The molecule has 2 aromatic heterocycles. The number of para-hydroxylation sites is 1. The van der Waals surface area contributed by atoms with E-state index in [-0.39, 0.29) is 17.7 Å². The summed E-state index contributed by atoms with van der Waals surface area (Å²) in [6, 6.07) is 11.8. The number of H-pyrrole nitrogens is 2. The summed E-state index contributed by atoms with van der Waals surface area (Å²) < 4.78 is 5.78. The molecular formula is C17H18N4O2. The van der Waals surface area contributed by atoms with Crippen molar-refractivity contribution in [2.75, 3.05) is 6.61 Å². The molecule has 3 aromatic rings. The van der Waals surface area contributed by atoms with Crippen molar-refractivity contribution >= 4 is 10.9 Å². The first-order valence-corrected chi connectivity index (χ1v) is 7.76. The molecule has 2 atom stereocenters. The van der Waals surface area contributed by atoms with Crippen LogP contribution in [0.2, 0.25) is 0 Å². The minimum atomic E-state index is -0.0480. The summed E-state index contributed by atoms with van der Waals surface area (Å²) in [5, 5.41) is 11.4. The Kier molecular flexibility index (Phi) is 3.69. The van der Waals surface area contributed by atoms with Crippen molar-refractivity contribution in [3.63, 3.8) is 0 Å². The van der Waals surface area contributed by atoms with E-state index in [1.54, 1.807) is 6.20 Å². The first-order valence-electron chi connectivity index (χ1n) is 7.76. The zero-order chi connectivity index (χ0) is 15.6. The third-order valence-electron chi connectivity index (χ3n) is 4.31. The molecule has 0 amide bonds. The lowest BCUT2D eigenvalue weighted by Gasteiger charge is -2.18. The Labute approximate surface area is 132 Å². The van der Waals surface area contributed by atoms with E-state index in [1.165, 1.54) is 0 Å². The van der Waals surface area contributed by atoms with E-state index in [1.807, 2.05) is 36.4 Å². The Morgan fingerprint density at radius 3 is 3.09 bits per heavy atom. The van der Waals surface area contributed by atoms with Crippen molar-refractivity contribution < 1.29 is 4.74 Å². The first kappa shape index (κ1) is 14.2. The molecular weight excluding hydrogens is 292 g/mol. The van der Waals surface area contributed by atoms with Crippen LogP contribution in [0.3, 0.4) is 0 Å². The molecule has 0 spiro atoms. The van der Waals surface area contributed by atoms with Gasteiger partial charge in [-0.2, -0.15) is 5.10 Å². The second-order valence-corrected chi connectivity index (χ2v) is 5.79. The van der Waals surface area contributed by atoms with Crippen LogP contribution in [0.15, 0.2) is 47.4 Å². The van der Waals surface area contributed by atoms with Gasteiger partial charge in [0.1, 0.15) is 6.10 Å². The molecule has 1 saturated heterocycles. The molecule has 1 fully saturated rings. The number of ether oxygens (including phenoxy) is 1. The number of hydrogen-bond acceptors (Lipinski definition) is 4. The maximum atomic E-state index is 12.2. The summed E-state index contributed by atoms with van der Waals surface area (Å²) in [6.45, 7) is 1.22. The Bertz CT molecular complexity index is 856. The summed E-state index contributed by atoms with van der Waals surface area (Å²) in [4.78, 5) is 15.1. The van der Waals surface area contributed by atoms with Gasteiger partial charge in [-0.3, -0.25) is 9.89 Å². The molecule has 4 rings (SSSR count). The van der Waals surface area contributed by atoms with E-state index < -0.39 is 0 Å². The molecule has 118 valence electrons. The highest BCUT2D eigenvalue weighted by atomic mass is 16.5. The van der Waals surface area contributed by atoms with Crippen LogP contribution in [-0.4, -0.2) is 27.8 Å². The lowest BCUT2D eigenvalue weighted by atomic mass is 10.1. The minimum Gasteiger partial charge on any atom is -0.370 e. The lowest BCUT2D eigenvalue weighted by molar-refractivity contribution is 0.0950. The Morgan fingerprint density at radius 2 is 2.22 bits per heavy atom. The molecule has 1 aliphatic rings. The zero-order valence-electron chi connectivity index (χ0n) is 12.6. The highest BCUT2D eigenvalue weighted by Crippen LogP contribution is 2.27. The molecule has 1 aliphatic heterocycles. The predicted octanol–water partition coefficient (Wildman–Crippen LogP) is 1.87. The fourth-order valence-electron chi connectivity index (χ4n) is 3.10. The normalized spacial score (nSPS) is 21.0. The molecule has 0 aliphatic carbocycles. The van der Waals surface area contributed by atoms with Crippen LogP contribution in [0.4, 0.5) is 0 Å². The average molecular weight is 310 g/mol. The van der Waals surface area contributed by atoms with Crippen LogP contribution in [0.1, 0.15) is 23.8 Å². The number of nitrogens with zero attached hydrogens (tertiary/aromatic N) is 1. The number of aromatic nitrogens is 3. The van der Waals surface area contributed by atoms with E-state index in [4.69, 9.17) is 4.74 Å². The van der Waals surface area contributed by atoms with Gasteiger partial charge in [0, 0.05) is 36.5 Å². The number of aromatic amines is 2. The molecule has 3 heterocycles. The van der Waals surface area contributed by atoms with Gasteiger partial charge in [-0.25, -0.2) is 0 Å². The summed E-state index contributed by atoms with van der Waals surface area (Å²) in [6.07, 6.45) is 2.59. The van der Waals surface area contributed by atoms with Crippen molar-refractivity contribution in [1.29, 1.82) is 0 Å². The molecule has 1 aromatic carbocycles. The first-order chi connectivity index (χ1) is 11.3. The highest BCUT2D eigenvalue weighted by Gasteiger charge is 2.30. The number of benzene rings is 1. The third kappa shape index (κ3) is 2.78. The van der Waals surface area contributed by atoms with Crippen molar-refractivity contribution in [3.05, 3.63) is 64.2 Å². The van der Waals surface area contributed by atoms with Crippen molar-refractivity contribution in [1.82, 2.24) is 20.5 Å². The third-order valence-corrected chi connectivity index (χ3v) is 4.31. The highest BCUT2D eigenvalue weighted by molar-refractivity contribution is 5.78. The van der Waals surface area contributed by atoms with E-state index in [0.717, 1.165) is 28.6 Å². The standard InChI is InChI=1S/C17H18N4O2/c22-17-12(9-11-3-1-2-4-13(11)20-17)10-18-14-6-8-23-16(14)15-5-7-19-21-15/h1-5,7,9,14,16,18H,6,8,10H2,(H,19,21)(H,20,22)/t14-,16-/m0/s1. The second-order valence-electron chi connectivity index (χ2n) is 5.79. The quantitative estimate of drug-likeness (QED) is 0.687. The van der Waals surface area contributed by atoms with E-state index >= 15 is 0 Å². The van der Waals surface area contributed by atoms with Crippen LogP contribution in [0, 0.1) is 0 Å². The Hall–Kier alpha value is -2.44. The zero-order valence-corrected chi connectivity index (χ0v) is 12.6. The minimum absolute atomic E-state index is 0.0444. The molecule has 6 nitrogen and oxygen atoms in total. The summed E-state index contributed by atoms with van der Waals surface area (Å²) >= 11 is 0. The van der Waals surface area contributed by atoms with E-state index in [0.29, 0.717) is 13.2 Å². The number of rotatable bonds is 4. The van der Waals surface area contributed by atoms with Crippen molar-refractivity contribution in [2.24, 2.45) is 0 Å². The smallest absolute Gasteiger partial charge is 0.252 e. The Morgan fingerprint density at radius 1 is 1.30 bits per heavy atom. The lowest BCUT2D eigenvalue weighted by Crippen LogP contribution is -2.33. The number of nitrogens with one attached hydrogen (secondary N) is 3. The monoisotopic (exact) mass is 310 g/mol. The fraction of sp³-hybridized carbons (Fsp3) is 0.294. The van der Waals surface area contributed by atoms with Gasteiger partial charge in [0.2, 0.25) is 0 Å². The largest absolute Gasteiger partial charge is 0.370 e. The van der Waals surface area contributed by atoms with E-state index in [9.17, 15) is 4.79 Å². The number of fused-ring (bicyclic) bond motifs is 1. The SMILES string of the molecule is O=c1[nH]c2ccccc2cc1CN[C@H]1CCO[C@@H]1c1ccn[nH]1. The van der Waals surface area contributed by atoms with Gasteiger partial charge in [-0.15, -0.1) is 0 Å². The molecule has 0 saturated carbocycles. The predicted molar refractivity (Wildman–Crippen MR) is 87.1 cm³/mol. The van der Waals surface area contributed by atoms with Gasteiger partial charge in [-0.05, 0) is 30.0 Å². The topological polar surface area (TPSA) is 82.8 Å². The van der Waals surface area contributed by atoms with Gasteiger partial charge in [0.25, 0.3) is 5.56 Å². The van der Waals surface area contributed by atoms with Crippen LogP contribution < -0.4 is 10.9 Å². The van der Waals surface area contributed by atoms with Crippen LogP contribution in [-0.2, 0) is 11.3 Å². The number of hydrogen-bond donors (Lipinski definition) is 3. The van der Waals surface area contributed by atoms with Gasteiger partial charge in [-0.1, -0.05) is 18.2 Å². The second kappa shape index (κ2) is 5.98. The number of pyridine rings is 1. The summed E-state index contributed by atoms with van der Waals surface area (Å²) in [7, 11) is 0. The van der Waals surface area contributed by atoms with E-state index in [2.05, 4.69) is 20.5 Å². The summed E-state index contributed by atoms with van der Waals surface area (Å²) in [5.74, 6) is 0. The Balaban J connectivity index is 1.52. The van der Waals surface area contributed by atoms with Gasteiger partial charge in [0.15, 0.2) is 0 Å². The van der Waals surface area contributed by atoms with Crippen molar-refractivity contribution in [3.8, 4) is 0 Å². The molecule has 0 bridgehead atoms.